The molecule has 3 nitrogen and oxygen atoms in total. The molecule has 0 aliphatic carbocycles. The van der Waals surface area contributed by atoms with Gasteiger partial charge >= 0.3 is 0 Å². The number of hydrogen-bond donors (Lipinski definition) is 2. The van der Waals surface area contributed by atoms with Crippen molar-refractivity contribution in [3.05, 3.63) is 53.6 Å². The van der Waals surface area contributed by atoms with E-state index in [1.54, 1.807) is 23.9 Å². The van der Waals surface area contributed by atoms with E-state index in [0.29, 0.717) is 11.3 Å². The number of para-hydroxylation sites is 1. The lowest BCUT2D eigenvalue weighted by Gasteiger charge is -2.10. The van der Waals surface area contributed by atoms with Gasteiger partial charge in [0, 0.05) is 10.6 Å². The number of nitrogen functional groups attached to an aromatic ring is 1. The molecule has 19 heavy (non-hydrogen) atoms. The summed E-state index contributed by atoms with van der Waals surface area (Å²) in [4.78, 5) is 13.2. The van der Waals surface area contributed by atoms with E-state index >= 15 is 0 Å². The molecule has 0 atom stereocenters. The Morgan fingerprint density at radius 3 is 2.63 bits per heavy atom. The first-order chi connectivity index (χ1) is 9.11. The molecule has 0 heterocycles. The Morgan fingerprint density at radius 1 is 1.21 bits per heavy atom. The van der Waals surface area contributed by atoms with Crippen LogP contribution < -0.4 is 11.1 Å². The van der Waals surface area contributed by atoms with Gasteiger partial charge in [-0.05, 0) is 43.0 Å². The van der Waals surface area contributed by atoms with Crippen molar-refractivity contribution < 1.29 is 4.79 Å². The van der Waals surface area contributed by atoms with Crippen LogP contribution >= 0.6 is 11.8 Å². The van der Waals surface area contributed by atoms with Gasteiger partial charge in [-0.2, -0.15) is 0 Å². The van der Waals surface area contributed by atoms with Gasteiger partial charge in [-0.25, -0.2) is 0 Å². The summed E-state index contributed by atoms with van der Waals surface area (Å²) < 4.78 is 0. The highest BCUT2D eigenvalue weighted by Crippen LogP contribution is 2.25. The zero-order valence-electron chi connectivity index (χ0n) is 10.9. The summed E-state index contributed by atoms with van der Waals surface area (Å²) in [5.74, 6) is -0.181. The van der Waals surface area contributed by atoms with E-state index in [1.165, 1.54) is 0 Å². The van der Waals surface area contributed by atoms with Gasteiger partial charge in [-0.15, -0.1) is 11.8 Å². The Bertz CT molecular complexity index is 611. The molecule has 0 aromatic heterocycles. The Labute approximate surface area is 117 Å². The highest BCUT2D eigenvalue weighted by Gasteiger charge is 2.11. The van der Waals surface area contributed by atoms with Crippen molar-refractivity contribution in [3.8, 4) is 0 Å². The van der Waals surface area contributed by atoms with E-state index < -0.39 is 0 Å². The molecule has 2 aromatic rings. The molecule has 0 spiro atoms. The van der Waals surface area contributed by atoms with Crippen LogP contribution in [0.2, 0.25) is 0 Å². The van der Waals surface area contributed by atoms with Crippen molar-refractivity contribution in [1.29, 1.82) is 0 Å². The molecule has 2 rings (SSSR count). The molecule has 98 valence electrons. The van der Waals surface area contributed by atoms with Crippen LogP contribution in [0.15, 0.2) is 47.4 Å². The van der Waals surface area contributed by atoms with Gasteiger partial charge in [0.15, 0.2) is 0 Å². The number of nitrogens with two attached hydrogens (primary N) is 1. The second-order valence-corrected chi connectivity index (χ2v) is 5.09. The molecule has 0 bridgehead atoms. The fourth-order valence-electron chi connectivity index (χ4n) is 1.83. The summed E-state index contributed by atoms with van der Waals surface area (Å²) in [7, 11) is 0. The topological polar surface area (TPSA) is 55.1 Å². The van der Waals surface area contributed by atoms with Crippen LogP contribution in [-0.4, -0.2) is 12.2 Å². The lowest BCUT2D eigenvalue weighted by molar-refractivity contribution is 0.102. The van der Waals surface area contributed by atoms with Gasteiger partial charge in [0.05, 0.1) is 11.3 Å². The molecule has 0 saturated carbocycles. The van der Waals surface area contributed by atoms with E-state index in [1.807, 2.05) is 43.5 Å². The molecule has 0 aliphatic rings. The van der Waals surface area contributed by atoms with Gasteiger partial charge in [0.1, 0.15) is 0 Å². The molecule has 2 aromatic carbocycles. The monoisotopic (exact) mass is 272 g/mol. The molecule has 1 amide bonds. The van der Waals surface area contributed by atoms with Crippen LogP contribution in [0.3, 0.4) is 0 Å². The van der Waals surface area contributed by atoms with Crippen molar-refractivity contribution in [2.24, 2.45) is 0 Å². The third-order valence-corrected chi connectivity index (χ3v) is 3.60. The molecule has 0 saturated heterocycles. The highest BCUT2D eigenvalue weighted by atomic mass is 32.2. The highest BCUT2D eigenvalue weighted by molar-refractivity contribution is 7.98. The third-order valence-electron chi connectivity index (χ3n) is 2.81. The van der Waals surface area contributed by atoms with Crippen LogP contribution in [-0.2, 0) is 0 Å². The first-order valence-corrected chi connectivity index (χ1v) is 7.15. The molecule has 3 N–H and O–H groups in total. The summed E-state index contributed by atoms with van der Waals surface area (Å²) >= 11 is 1.59. The predicted molar refractivity (Wildman–Crippen MR) is 81.8 cm³/mol. The molecular weight excluding hydrogens is 256 g/mol. The van der Waals surface area contributed by atoms with Gasteiger partial charge < -0.3 is 11.1 Å². The first-order valence-electron chi connectivity index (χ1n) is 5.92. The maximum atomic E-state index is 12.2. The second-order valence-electron chi connectivity index (χ2n) is 4.25. The van der Waals surface area contributed by atoms with Crippen LogP contribution in [0.4, 0.5) is 11.4 Å². The number of hydrogen-bond acceptors (Lipinski definition) is 3. The minimum Gasteiger partial charge on any atom is -0.398 e. The average Bonchev–Trinajstić information content (AvgIpc) is 2.39. The zero-order chi connectivity index (χ0) is 13.8. The number of nitrogens with one attached hydrogen (secondary N) is 1. The average molecular weight is 272 g/mol. The van der Waals surface area contributed by atoms with E-state index in [-0.39, 0.29) is 5.91 Å². The van der Waals surface area contributed by atoms with Crippen molar-refractivity contribution in [2.75, 3.05) is 17.3 Å². The molecule has 0 fully saturated rings. The second kappa shape index (κ2) is 5.80. The predicted octanol–water partition coefficient (Wildman–Crippen LogP) is 3.55. The minimum atomic E-state index is -0.181. The standard InChI is InChI=1S/C15H16N2OS/c1-10-7-8-11(12(16)9-10)15(18)17-13-5-3-4-6-14(13)19-2/h3-9H,16H2,1-2H3,(H,17,18). The number of anilines is 2. The SMILES string of the molecule is CSc1ccccc1NC(=O)c1ccc(C)cc1N. The number of rotatable bonds is 3. The largest absolute Gasteiger partial charge is 0.398 e. The van der Waals surface area contributed by atoms with E-state index in [2.05, 4.69) is 5.32 Å². The van der Waals surface area contributed by atoms with Crippen LogP contribution in [0.25, 0.3) is 0 Å². The Balaban J connectivity index is 2.26. The lowest BCUT2D eigenvalue weighted by Crippen LogP contribution is -2.14. The van der Waals surface area contributed by atoms with Crippen molar-refractivity contribution in [1.82, 2.24) is 0 Å². The summed E-state index contributed by atoms with van der Waals surface area (Å²) in [5, 5.41) is 2.90. The van der Waals surface area contributed by atoms with E-state index in [0.717, 1.165) is 16.1 Å². The van der Waals surface area contributed by atoms with Crippen LogP contribution in [0.5, 0.6) is 0 Å². The van der Waals surface area contributed by atoms with Gasteiger partial charge in [-0.3, -0.25) is 4.79 Å². The number of amides is 1. The zero-order valence-corrected chi connectivity index (χ0v) is 11.8. The smallest absolute Gasteiger partial charge is 0.257 e. The van der Waals surface area contributed by atoms with E-state index in [4.69, 9.17) is 5.73 Å². The van der Waals surface area contributed by atoms with Crippen molar-refractivity contribution in [3.63, 3.8) is 0 Å². The third kappa shape index (κ3) is 3.09. The summed E-state index contributed by atoms with van der Waals surface area (Å²) in [6.45, 7) is 1.95. The summed E-state index contributed by atoms with van der Waals surface area (Å²) in [6.07, 6.45) is 1.98. The van der Waals surface area contributed by atoms with Gasteiger partial charge in [0.2, 0.25) is 0 Å². The maximum absolute atomic E-state index is 12.2. The fraction of sp³-hybridized carbons (Fsp3) is 0.133. The summed E-state index contributed by atoms with van der Waals surface area (Å²) in [6, 6.07) is 13.1. The van der Waals surface area contributed by atoms with Gasteiger partial charge in [0.25, 0.3) is 5.91 Å². The molecule has 0 unspecified atom stereocenters. The number of thioether (sulfide) groups is 1. The minimum absolute atomic E-state index is 0.181. The number of carbonyl (C=O) groups is 1. The van der Waals surface area contributed by atoms with Crippen LogP contribution in [0.1, 0.15) is 15.9 Å². The Kier molecular flexibility index (Phi) is 4.12. The van der Waals surface area contributed by atoms with E-state index in [9.17, 15) is 4.79 Å². The molecule has 0 radical (unpaired) electrons. The molecule has 4 heteroatoms. The maximum Gasteiger partial charge on any atom is 0.257 e. The van der Waals surface area contributed by atoms with Gasteiger partial charge in [-0.1, -0.05) is 18.2 Å². The normalized spacial score (nSPS) is 10.2. The molecule has 0 aliphatic heterocycles. The quantitative estimate of drug-likeness (QED) is 0.663. The van der Waals surface area contributed by atoms with Crippen molar-refractivity contribution in [2.45, 2.75) is 11.8 Å². The molecular formula is C15H16N2OS. The Morgan fingerprint density at radius 2 is 1.95 bits per heavy atom. The number of aryl methyl sites for hydroxylation is 1. The lowest BCUT2D eigenvalue weighted by atomic mass is 10.1. The Hall–Kier alpha value is -1.94. The summed E-state index contributed by atoms with van der Waals surface area (Å²) in [5.41, 5.74) is 8.73. The first kappa shape index (κ1) is 13.5. The number of benzene rings is 2. The van der Waals surface area contributed by atoms with Crippen LogP contribution in [0, 0.1) is 6.92 Å². The number of carbonyl (C=O) groups excluding carboxylic acids is 1. The fourth-order valence-corrected chi connectivity index (χ4v) is 2.38. The van der Waals surface area contributed by atoms with Crippen molar-refractivity contribution >= 4 is 29.0 Å².